The lowest BCUT2D eigenvalue weighted by Gasteiger charge is -2.11. The van der Waals surface area contributed by atoms with E-state index in [4.69, 9.17) is 14.2 Å². The van der Waals surface area contributed by atoms with E-state index in [9.17, 15) is 4.79 Å². The van der Waals surface area contributed by atoms with Crippen molar-refractivity contribution < 1.29 is 19.0 Å². The van der Waals surface area contributed by atoms with Crippen LogP contribution < -0.4 is 19.5 Å². The Bertz CT molecular complexity index is 718. The first kappa shape index (κ1) is 18.1. The molecule has 0 bridgehead atoms. The molecule has 2 aromatic rings. The first-order valence-corrected chi connectivity index (χ1v) is 8.21. The number of amides is 1. The van der Waals surface area contributed by atoms with E-state index in [0.29, 0.717) is 35.8 Å². The largest absolute Gasteiger partial charge is 0.495 e. The Kier molecular flexibility index (Phi) is 6.49. The second-order valence-corrected chi connectivity index (χ2v) is 6.00. The molecule has 0 aliphatic carbocycles. The molecule has 6 heteroatoms. The molecule has 0 aromatic heterocycles. The molecule has 2 aromatic carbocycles. The van der Waals surface area contributed by atoms with Gasteiger partial charge in [0.05, 0.1) is 27.0 Å². The zero-order valence-electron chi connectivity index (χ0n) is 13.9. The molecule has 5 nitrogen and oxygen atoms in total. The maximum absolute atomic E-state index is 12.2. The summed E-state index contributed by atoms with van der Waals surface area (Å²) < 4.78 is 16.6. The van der Waals surface area contributed by atoms with Gasteiger partial charge in [0.15, 0.2) is 11.5 Å². The van der Waals surface area contributed by atoms with Crippen LogP contribution in [0.25, 0.3) is 0 Å². The lowest BCUT2D eigenvalue weighted by molar-refractivity contribution is -0.116. The third-order valence-electron chi connectivity index (χ3n) is 3.52. The Morgan fingerprint density at radius 3 is 2.29 bits per heavy atom. The Labute approximate surface area is 150 Å². The summed E-state index contributed by atoms with van der Waals surface area (Å²) in [4.78, 5) is 12.2. The fraction of sp³-hybridized carbons (Fsp3) is 0.278. The predicted octanol–water partition coefficient (Wildman–Crippen LogP) is 4.05. The van der Waals surface area contributed by atoms with Gasteiger partial charge in [-0.15, -0.1) is 0 Å². The van der Waals surface area contributed by atoms with Gasteiger partial charge in [-0.05, 0) is 42.3 Å². The summed E-state index contributed by atoms with van der Waals surface area (Å²) in [5, 5.41) is 2.87. The van der Waals surface area contributed by atoms with E-state index < -0.39 is 0 Å². The fourth-order valence-electron chi connectivity index (χ4n) is 2.28. The highest BCUT2D eigenvalue weighted by Gasteiger charge is 2.10. The van der Waals surface area contributed by atoms with Gasteiger partial charge >= 0.3 is 0 Å². The highest BCUT2D eigenvalue weighted by molar-refractivity contribution is 9.10. The minimum atomic E-state index is -0.0822. The molecule has 0 saturated heterocycles. The third-order valence-corrected chi connectivity index (χ3v) is 4.02. The number of anilines is 1. The summed E-state index contributed by atoms with van der Waals surface area (Å²) in [6.45, 7) is 0. The molecular formula is C18H20BrNO4. The fourth-order valence-corrected chi connectivity index (χ4v) is 2.65. The van der Waals surface area contributed by atoms with E-state index in [1.165, 1.54) is 0 Å². The van der Waals surface area contributed by atoms with E-state index in [2.05, 4.69) is 21.2 Å². The predicted molar refractivity (Wildman–Crippen MR) is 97.2 cm³/mol. The van der Waals surface area contributed by atoms with E-state index in [1.54, 1.807) is 27.4 Å². The Balaban J connectivity index is 2.00. The van der Waals surface area contributed by atoms with Crippen LogP contribution in [0.3, 0.4) is 0 Å². The molecule has 2 rings (SSSR count). The highest BCUT2D eigenvalue weighted by Crippen LogP contribution is 2.29. The number of ether oxygens (including phenoxy) is 3. The number of carbonyl (C=O) groups is 1. The standard InChI is InChI=1S/C18H20BrNO4/c1-22-15-8-6-13(19)11-14(15)20-18(21)9-5-12-4-7-16(23-2)17(10-12)24-3/h4,6-8,10-11H,5,9H2,1-3H3,(H,20,21). The molecule has 0 saturated carbocycles. The van der Waals surface area contributed by atoms with Crippen LogP contribution in [0.2, 0.25) is 0 Å². The van der Waals surface area contributed by atoms with Gasteiger partial charge in [-0.1, -0.05) is 22.0 Å². The number of halogens is 1. The van der Waals surface area contributed by atoms with E-state index in [1.807, 2.05) is 30.3 Å². The van der Waals surface area contributed by atoms with Crippen molar-refractivity contribution in [1.29, 1.82) is 0 Å². The molecule has 0 aliphatic heterocycles. The van der Waals surface area contributed by atoms with Crippen molar-refractivity contribution in [3.05, 3.63) is 46.4 Å². The molecule has 0 fully saturated rings. The summed E-state index contributed by atoms with van der Waals surface area (Å²) in [6.07, 6.45) is 0.952. The smallest absolute Gasteiger partial charge is 0.224 e. The number of nitrogens with one attached hydrogen (secondary N) is 1. The molecule has 1 N–H and O–H groups in total. The van der Waals surface area contributed by atoms with Crippen molar-refractivity contribution in [3.63, 3.8) is 0 Å². The maximum Gasteiger partial charge on any atom is 0.224 e. The van der Waals surface area contributed by atoms with E-state index in [0.717, 1.165) is 10.0 Å². The summed E-state index contributed by atoms with van der Waals surface area (Å²) in [5.74, 6) is 1.87. The number of carbonyl (C=O) groups excluding carboxylic acids is 1. The highest BCUT2D eigenvalue weighted by atomic mass is 79.9. The van der Waals surface area contributed by atoms with E-state index >= 15 is 0 Å². The van der Waals surface area contributed by atoms with Gasteiger partial charge < -0.3 is 19.5 Å². The van der Waals surface area contributed by atoms with Crippen molar-refractivity contribution >= 4 is 27.5 Å². The molecule has 0 unspecified atom stereocenters. The lowest BCUT2D eigenvalue weighted by Crippen LogP contribution is -2.13. The summed E-state index contributed by atoms with van der Waals surface area (Å²) in [6, 6.07) is 11.1. The summed E-state index contributed by atoms with van der Waals surface area (Å²) >= 11 is 3.39. The number of benzene rings is 2. The summed E-state index contributed by atoms with van der Waals surface area (Å²) in [7, 11) is 4.76. The van der Waals surface area contributed by atoms with Gasteiger partial charge in [-0.25, -0.2) is 0 Å². The average molecular weight is 394 g/mol. The van der Waals surface area contributed by atoms with Crippen LogP contribution in [0.1, 0.15) is 12.0 Å². The lowest BCUT2D eigenvalue weighted by atomic mass is 10.1. The topological polar surface area (TPSA) is 56.8 Å². The second kappa shape index (κ2) is 8.59. The molecule has 0 radical (unpaired) electrons. The minimum absolute atomic E-state index is 0.0822. The number of hydrogen-bond acceptors (Lipinski definition) is 4. The van der Waals surface area contributed by atoms with Crippen molar-refractivity contribution in [2.75, 3.05) is 26.6 Å². The van der Waals surface area contributed by atoms with Crippen LogP contribution in [-0.2, 0) is 11.2 Å². The number of aryl methyl sites for hydroxylation is 1. The summed E-state index contributed by atoms with van der Waals surface area (Å²) in [5.41, 5.74) is 1.65. The molecular weight excluding hydrogens is 374 g/mol. The van der Waals surface area contributed by atoms with Gasteiger partial charge in [-0.3, -0.25) is 4.79 Å². The Hall–Kier alpha value is -2.21. The molecule has 0 aliphatic rings. The van der Waals surface area contributed by atoms with Gasteiger partial charge in [-0.2, -0.15) is 0 Å². The van der Waals surface area contributed by atoms with Gasteiger partial charge in [0, 0.05) is 10.9 Å². The van der Waals surface area contributed by atoms with Gasteiger partial charge in [0.2, 0.25) is 5.91 Å². The van der Waals surface area contributed by atoms with E-state index in [-0.39, 0.29) is 5.91 Å². The molecule has 128 valence electrons. The van der Waals surface area contributed by atoms with Crippen LogP contribution in [-0.4, -0.2) is 27.2 Å². The first-order chi connectivity index (χ1) is 11.6. The van der Waals surface area contributed by atoms with Crippen LogP contribution in [0.4, 0.5) is 5.69 Å². The Morgan fingerprint density at radius 1 is 0.958 bits per heavy atom. The molecule has 1 amide bonds. The monoisotopic (exact) mass is 393 g/mol. The van der Waals surface area contributed by atoms with Gasteiger partial charge in [0.25, 0.3) is 0 Å². The zero-order valence-corrected chi connectivity index (χ0v) is 15.5. The van der Waals surface area contributed by atoms with Gasteiger partial charge in [0.1, 0.15) is 5.75 Å². The van der Waals surface area contributed by atoms with Crippen molar-refractivity contribution in [2.45, 2.75) is 12.8 Å². The SMILES string of the molecule is COc1ccc(Br)cc1NC(=O)CCc1ccc(OC)c(OC)c1. The molecule has 0 heterocycles. The maximum atomic E-state index is 12.2. The van der Waals surface area contributed by atoms with Crippen LogP contribution >= 0.6 is 15.9 Å². The number of methoxy groups -OCH3 is 3. The zero-order chi connectivity index (χ0) is 17.5. The quantitative estimate of drug-likeness (QED) is 0.770. The first-order valence-electron chi connectivity index (χ1n) is 7.41. The Morgan fingerprint density at radius 2 is 1.62 bits per heavy atom. The third kappa shape index (κ3) is 4.64. The normalized spacial score (nSPS) is 10.2. The molecule has 0 atom stereocenters. The minimum Gasteiger partial charge on any atom is -0.495 e. The van der Waals surface area contributed by atoms with Crippen molar-refractivity contribution in [3.8, 4) is 17.2 Å². The average Bonchev–Trinajstić information content (AvgIpc) is 2.59. The number of rotatable bonds is 7. The second-order valence-electron chi connectivity index (χ2n) is 5.08. The molecule has 0 spiro atoms. The van der Waals surface area contributed by atoms with Crippen molar-refractivity contribution in [1.82, 2.24) is 0 Å². The molecule has 24 heavy (non-hydrogen) atoms. The number of hydrogen-bond donors (Lipinski definition) is 1. The van der Waals surface area contributed by atoms with Crippen molar-refractivity contribution in [2.24, 2.45) is 0 Å². The van der Waals surface area contributed by atoms with Crippen LogP contribution in [0, 0.1) is 0 Å². The van der Waals surface area contributed by atoms with Crippen LogP contribution in [0.15, 0.2) is 40.9 Å². The van der Waals surface area contributed by atoms with Crippen LogP contribution in [0.5, 0.6) is 17.2 Å².